The molecule has 2 bridgehead atoms. The molecular formula is C22H25N7O2. The van der Waals surface area contributed by atoms with E-state index in [1.807, 2.05) is 7.05 Å². The average Bonchev–Trinajstić information content (AvgIpc) is 3.14. The second-order valence-electron chi connectivity index (χ2n) is 8.35. The first-order valence-corrected chi connectivity index (χ1v) is 10.6. The number of nitrogens with zero attached hydrogens (tertiary/aromatic N) is 5. The Morgan fingerprint density at radius 1 is 1.19 bits per heavy atom. The van der Waals surface area contributed by atoms with Gasteiger partial charge in [-0.05, 0) is 37.8 Å². The molecule has 0 radical (unpaired) electrons. The lowest BCUT2D eigenvalue weighted by molar-refractivity contribution is 0.0958. The highest BCUT2D eigenvalue weighted by atomic mass is 16.3. The van der Waals surface area contributed by atoms with E-state index in [1.54, 1.807) is 31.4 Å². The maximum Gasteiger partial charge on any atom is 0.269 e. The van der Waals surface area contributed by atoms with Crippen molar-refractivity contribution in [3.05, 3.63) is 36.2 Å². The minimum atomic E-state index is -0.278. The van der Waals surface area contributed by atoms with E-state index in [0.29, 0.717) is 40.7 Å². The maximum atomic E-state index is 11.8. The number of aromatic nitrogens is 4. The quantitative estimate of drug-likeness (QED) is 0.587. The molecule has 9 nitrogen and oxygen atoms in total. The fourth-order valence-electron chi connectivity index (χ4n) is 4.68. The summed E-state index contributed by atoms with van der Waals surface area (Å²) < 4.78 is 0. The van der Waals surface area contributed by atoms with Crippen LogP contribution in [0.15, 0.2) is 30.5 Å². The van der Waals surface area contributed by atoms with Gasteiger partial charge >= 0.3 is 0 Å². The number of hydrogen-bond donors (Lipinski definition) is 3. The number of pyridine rings is 1. The molecule has 2 aliphatic heterocycles. The number of fused-ring (bicyclic) bond motifs is 3. The van der Waals surface area contributed by atoms with Crippen LogP contribution in [0.25, 0.3) is 22.3 Å². The number of nitrogens with one attached hydrogen (secondary N) is 2. The number of hydrogen-bond acceptors (Lipinski definition) is 8. The third-order valence-electron chi connectivity index (χ3n) is 6.41. The van der Waals surface area contributed by atoms with Gasteiger partial charge in [-0.2, -0.15) is 0 Å². The van der Waals surface area contributed by atoms with Crippen molar-refractivity contribution in [3.8, 4) is 17.1 Å². The zero-order valence-corrected chi connectivity index (χ0v) is 17.5. The number of carbonyl (C=O) groups excluding carboxylic acids is 1. The Bertz CT molecular complexity index is 1120. The van der Waals surface area contributed by atoms with Crippen LogP contribution in [0.3, 0.4) is 0 Å². The molecule has 3 N–H and O–H groups in total. The summed E-state index contributed by atoms with van der Waals surface area (Å²) >= 11 is 0. The van der Waals surface area contributed by atoms with E-state index in [1.165, 1.54) is 18.9 Å². The number of anilines is 1. The maximum absolute atomic E-state index is 11.8. The Morgan fingerprint density at radius 2 is 1.97 bits per heavy atom. The zero-order valence-electron chi connectivity index (χ0n) is 17.5. The molecule has 2 aliphatic rings. The molecule has 160 valence electrons. The Kier molecular flexibility index (Phi) is 4.90. The number of benzene rings is 1. The van der Waals surface area contributed by atoms with Gasteiger partial charge in [0.15, 0.2) is 11.6 Å². The summed E-state index contributed by atoms with van der Waals surface area (Å²) in [5.41, 5.74) is 1.29. The van der Waals surface area contributed by atoms with Crippen LogP contribution in [0.1, 0.15) is 36.2 Å². The zero-order chi connectivity index (χ0) is 21.5. The van der Waals surface area contributed by atoms with E-state index in [2.05, 4.69) is 35.7 Å². The van der Waals surface area contributed by atoms with Crippen LogP contribution in [0.4, 0.5) is 5.82 Å². The molecule has 4 heterocycles. The SMILES string of the molecule is CNC(=O)c1ccc2cc(-c3ncc(N(C)C4C[C@H]5CC[C@@H](C4)N5)nn3)c(O)cc2n1. The van der Waals surface area contributed by atoms with Crippen molar-refractivity contribution in [1.82, 2.24) is 30.8 Å². The molecule has 2 aromatic heterocycles. The molecule has 1 unspecified atom stereocenters. The minimum absolute atomic E-state index is 0.00751. The van der Waals surface area contributed by atoms with E-state index in [9.17, 15) is 9.90 Å². The lowest BCUT2D eigenvalue weighted by atomic mass is 9.99. The van der Waals surface area contributed by atoms with Gasteiger partial charge in [0.25, 0.3) is 5.91 Å². The van der Waals surface area contributed by atoms with Crippen molar-refractivity contribution >= 4 is 22.6 Å². The van der Waals surface area contributed by atoms with Crippen molar-refractivity contribution in [2.24, 2.45) is 0 Å². The van der Waals surface area contributed by atoms with Crippen LogP contribution < -0.4 is 15.5 Å². The van der Waals surface area contributed by atoms with Crippen molar-refractivity contribution < 1.29 is 9.90 Å². The summed E-state index contributed by atoms with van der Waals surface area (Å²) in [7, 11) is 3.60. The smallest absolute Gasteiger partial charge is 0.269 e. The topological polar surface area (TPSA) is 116 Å². The lowest BCUT2D eigenvalue weighted by Crippen LogP contribution is -2.47. The Hall–Kier alpha value is -3.33. The minimum Gasteiger partial charge on any atom is -0.507 e. The van der Waals surface area contributed by atoms with Gasteiger partial charge < -0.3 is 20.6 Å². The third-order valence-corrected chi connectivity index (χ3v) is 6.41. The molecular weight excluding hydrogens is 394 g/mol. The standard InChI is InChI=1S/C22H25N7O2/c1-23-22(31)17-6-3-12-7-16(19(30)10-18(12)26-17)21-24-11-20(27-28-21)29(2)15-8-13-4-5-14(9-15)25-13/h3,6-7,10-11,13-15,25,30H,4-5,8-9H2,1-2H3,(H,23,31)/t13-,14+,15?. The number of carbonyl (C=O) groups is 1. The second kappa shape index (κ2) is 7.73. The molecule has 0 saturated carbocycles. The molecule has 0 spiro atoms. The number of rotatable bonds is 4. The molecule has 2 saturated heterocycles. The molecule has 1 amide bonds. The summed E-state index contributed by atoms with van der Waals surface area (Å²) in [6.07, 6.45) is 6.42. The average molecular weight is 419 g/mol. The van der Waals surface area contributed by atoms with Crippen molar-refractivity contribution in [3.63, 3.8) is 0 Å². The molecule has 0 aliphatic carbocycles. The third kappa shape index (κ3) is 3.65. The summed E-state index contributed by atoms with van der Waals surface area (Å²) in [6, 6.07) is 8.33. The van der Waals surface area contributed by atoms with Gasteiger partial charge in [-0.1, -0.05) is 6.07 Å². The van der Waals surface area contributed by atoms with Crippen LogP contribution in [-0.4, -0.2) is 63.4 Å². The van der Waals surface area contributed by atoms with E-state index in [-0.39, 0.29) is 11.7 Å². The van der Waals surface area contributed by atoms with E-state index in [4.69, 9.17) is 0 Å². The molecule has 5 rings (SSSR count). The molecule has 3 atom stereocenters. The molecule has 31 heavy (non-hydrogen) atoms. The summed E-state index contributed by atoms with van der Waals surface area (Å²) in [5, 5.41) is 26.2. The van der Waals surface area contributed by atoms with Gasteiger partial charge in [0, 0.05) is 43.7 Å². The van der Waals surface area contributed by atoms with Gasteiger partial charge in [-0.25, -0.2) is 9.97 Å². The molecule has 9 heteroatoms. The number of amides is 1. The predicted octanol–water partition coefficient (Wildman–Crippen LogP) is 1.87. The molecule has 3 aromatic rings. The summed E-state index contributed by atoms with van der Waals surface area (Å²) in [4.78, 5) is 22.7. The normalized spacial score (nSPS) is 22.5. The Morgan fingerprint density at radius 3 is 2.65 bits per heavy atom. The van der Waals surface area contributed by atoms with E-state index in [0.717, 1.165) is 24.0 Å². The van der Waals surface area contributed by atoms with Gasteiger partial charge in [0.2, 0.25) is 0 Å². The fraction of sp³-hybridized carbons (Fsp3) is 0.409. The van der Waals surface area contributed by atoms with Gasteiger partial charge in [0.1, 0.15) is 11.4 Å². The van der Waals surface area contributed by atoms with Crippen LogP contribution in [0, 0.1) is 0 Å². The summed E-state index contributed by atoms with van der Waals surface area (Å²) in [5.74, 6) is 0.788. The highest BCUT2D eigenvalue weighted by molar-refractivity contribution is 5.95. The first-order valence-electron chi connectivity index (χ1n) is 10.6. The monoisotopic (exact) mass is 419 g/mol. The highest BCUT2D eigenvalue weighted by Crippen LogP contribution is 2.33. The second-order valence-corrected chi connectivity index (χ2v) is 8.35. The number of piperidine rings is 1. The fourth-order valence-corrected chi connectivity index (χ4v) is 4.68. The Labute approximate surface area is 179 Å². The first-order chi connectivity index (χ1) is 15.0. The number of aromatic hydroxyl groups is 1. The van der Waals surface area contributed by atoms with Crippen molar-refractivity contribution in [2.45, 2.75) is 43.8 Å². The van der Waals surface area contributed by atoms with Gasteiger partial charge in [0.05, 0.1) is 17.3 Å². The van der Waals surface area contributed by atoms with Crippen LogP contribution in [0.2, 0.25) is 0 Å². The summed E-state index contributed by atoms with van der Waals surface area (Å²) in [6.45, 7) is 0. The highest BCUT2D eigenvalue weighted by Gasteiger charge is 2.35. The number of phenolic OH excluding ortho intramolecular Hbond substituents is 1. The lowest BCUT2D eigenvalue weighted by Gasteiger charge is -2.35. The molecule has 2 fully saturated rings. The largest absolute Gasteiger partial charge is 0.507 e. The van der Waals surface area contributed by atoms with Gasteiger partial charge in [-0.15, -0.1) is 10.2 Å². The molecule has 1 aromatic carbocycles. The van der Waals surface area contributed by atoms with Crippen molar-refractivity contribution in [2.75, 3.05) is 19.0 Å². The number of phenols is 1. The Balaban J connectivity index is 1.40. The van der Waals surface area contributed by atoms with E-state index < -0.39 is 0 Å². The van der Waals surface area contributed by atoms with Crippen LogP contribution >= 0.6 is 0 Å². The van der Waals surface area contributed by atoms with Crippen molar-refractivity contribution in [1.29, 1.82) is 0 Å². The van der Waals surface area contributed by atoms with E-state index >= 15 is 0 Å². The first kappa shape index (κ1) is 19.6. The predicted molar refractivity (Wildman–Crippen MR) is 117 cm³/mol. The van der Waals surface area contributed by atoms with Crippen LogP contribution in [0.5, 0.6) is 5.75 Å². The van der Waals surface area contributed by atoms with Crippen LogP contribution in [-0.2, 0) is 0 Å². The van der Waals surface area contributed by atoms with Gasteiger partial charge in [-0.3, -0.25) is 4.79 Å².